The fourth-order valence-electron chi connectivity index (χ4n) is 2.89. The fourth-order valence-corrected chi connectivity index (χ4v) is 2.89. The molecule has 0 unspecified atom stereocenters. The highest BCUT2D eigenvalue weighted by molar-refractivity contribution is 4.61. The van der Waals surface area contributed by atoms with Crippen LogP contribution >= 0.6 is 0 Å². The minimum Gasteiger partial charge on any atom is -0.396 e. The maximum absolute atomic E-state index is 8.69. The molecule has 1 N–H and O–H groups in total. The minimum atomic E-state index is 0.371. The van der Waals surface area contributed by atoms with Crippen LogP contribution in [0.5, 0.6) is 0 Å². The number of unbranched alkanes of at least 4 members (excludes halogenated alkanes) is 13. The highest BCUT2D eigenvalue weighted by atomic mass is 16.2. The van der Waals surface area contributed by atoms with Crippen molar-refractivity contribution in [1.29, 1.82) is 0 Å². The number of aliphatic hydroxyl groups excluding tert-OH is 1. The summed E-state index contributed by atoms with van der Waals surface area (Å²) in [5, 5.41) is 8.69. The molecule has 0 aliphatic heterocycles. The summed E-state index contributed by atoms with van der Waals surface area (Å²) in [7, 11) is 0. The molecule has 0 radical (unpaired) electrons. The van der Waals surface area contributed by atoms with Crippen molar-refractivity contribution in [3.05, 3.63) is 0 Å². The maximum Gasteiger partial charge on any atom is 0.0431 e. The predicted molar refractivity (Wildman–Crippen MR) is 95.8 cm³/mol. The van der Waals surface area contributed by atoms with Gasteiger partial charge in [-0.15, -0.1) is 0 Å². The summed E-state index contributed by atoms with van der Waals surface area (Å²) < 4.78 is 0. The molecule has 0 aromatic rings. The molecule has 21 heavy (non-hydrogen) atoms. The van der Waals surface area contributed by atoms with Gasteiger partial charge in [0.15, 0.2) is 0 Å². The molecule has 0 fully saturated rings. The first kappa shape index (κ1) is 21.0. The number of hydrogen-bond donors (Lipinski definition) is 1. The van der Waals surface area contributed by atoms with Gasteiger partial charge in [0, 0.05) is 6.61 Å². The van der Waals surface area contributed by atoms with Crippen LogP contribution in [0.25, 0.3) is 0 Å². The lowest BCUT2D eigenvalue weighted by atomic mass is 9.89. The van der Waals surface area contributed by atoms with E-state index in [0.29, 0.717) is 12.0 Å². The summed E-state index contributed by atoms with van der Waals surface area (Å²) in [6, 6.07) is 0. The Labute approximate surface area is 134 Å². The molecule has 128 valence electrons. The van der Waals surface area contributed by atoms with Gasteiger partial charge in [0.25, 0.3) is 0 Å². The lowest BCUT2D eigenvalue weighted by Gasteiger charge is -2.17. The second-order valence-corrected chi connectivity index (χ2v) is 7.98. The number of rotatable bonds is 15. The van der Waals surface area contributed by atoms with Crippen LogP contribution in [0.15, 0.2) is 0 Å². The molecule has 0 heterocycles. The van der Waals surface area contributed by atoms with Crippen LogP contribution in [0.4, 0.5) is 0 Å². The average molecular weight is 299 g/mol. The molecular formula is C20H42O. The summed E-state index contributed by atoms with van der Waals surface area (Å²) in [5.41, 5.74) is 0.526. The Hall–Kier alpha value is -0.0400. The number of hydrogen-bond acceptors (Lipinski definition) is 1. The smallest absolute Gasteiger partial charge is 0.0431 e. The van der Waals surface area contributed by atoms with Gasteiger partial charge < -0.3 is 5.11 Å². The third-order valence-corrected chi connectivity index (χ3v) is 4.33. The van der Waals surface area contributed by atoms with Crippen molar-refractivity contribution in [1.82, 2.24) is 0 Å². The van der Waals surface area contributed by atoms with Gasteiger partial charge in [-0.2, -0.15) is 0 Å². The summed E-state index contributed by atoms with van der Waals surface area (Å²) in [6.07, 6.45) is 20.6. The third kappa shape index (κ3) is 20.0. The molecule has 0 aliphatic rings. The van der Waals surface area contributed by atoms with Crippen molar-refractivity contribution in [2.45, 2.75) is 117 Å². The zero-order chi connectivity index (χ0) is 15.8. The van der Waals surface area contributed by atoms with Gasteiger partial charge in [-0.3, -0.25) is 0 Å². The first-order valence-electron chi connectivity index (χ1n) is 9.67. The Bertz CT molecular complexity index is 193. The molecule has 0 aromatic heterocycles. The van der Waals surface area contributed by atoms with E-state index in [1.165, 1.54) is 89.9 Å². The van der Waals surface area contributed by atoms with E-state index in [4.69, 9.17) is 5.11 Å². The Kier molecular flexibility index (Phi) is 14.9. The molecule has 1 nitrogen and oxygen atoms in total. The van der Waals surface area contributed by atoms with E-state index in [1.54, 1.807) is 0 Å². The van der Waals surface area contributed by atoms with Crippen LogP contribution in [0.1, 0.15) is 117 Å². The van der Waals surface area contributed by atoms with E-state index in [9.17, 15) is 0 Å². The molecule has 0 spiro atoms. The van der Waals surface area contributed by atoms with E-state index in [-0.39, 0.29) is 0 Å². The molecule has 0 atom stereocenters. The first-order chi connectivity index (χ1) is 10.1. The van der Waals surface area contributed by atoms with Crippen LogP contribution in [-0.2, 0) is 0 Å². The minimum absolute atomic E-state index is 0.371. The standard InChI is InChI=1S/C20H42O/c1-20(2,3)18-16-14-12-10-8-6-4-5-7-9-11-13-15-17-19-21/h21H,4-19H2,1-3H3. The van der Waals surface area contributed by atoms with Crippen molar-refractivity contribution in [3.8, 4) is 0 Å². The summed E-state index contributed by atoms with van der Waals surface area (Å²) >= 11 is 0. The van der Waals surface area contributed by atoms with Gasteiger partial charge in [-0.25, -0.2) is 0 Å². The zero-order valence-corrected chi connectivity index (χ0v) is 15.3. The number of aliphatic hydroxyl groups is 1. The Morgan fingerprint density at radius 1 is 0.476 bits per heavy atom. The predicted octanol–water partition coefficient (Wildman–Crippen LogP) is 6.88. The fraction of sp³-hybridized carbons (Fsp3) is 1.00. The third-order valence-electron chi connectivity index (χ3n) is 4.33. The second kappa shape index (κ2) is 14.9. The van der Waals surface area contributed by atoms with Gasteiger partial charge in [-0.05, 0) is 18.3 Å². The molecule has 0 aliphatic carbocycles. The van der Waals surface area contributed by atoms with Crippen LogP contribution in [0.2, 0.25) is 0 Å². The molecule has 0 saturated heterocycles. The monoisotopic (exact) mass is 298 g/mol. The van der Waals surface area contributed by atoms with E-state index < -0.39 is 0 Å². The van der Waals surface area contributed by atoms with Gasteiger partial charge in [0.05, 0.1) is 0 Å². The lowest BCUT2D eigenvalue weighted by Crippen LogP contribution is -2.03. The Morgan fingerprint density at radius 2 is 0.762 bits per heavy atom. The van der Waals surface area contributed by atoms with Crippen LogP contribution in [0, 0.1) is 5.41 Å². The lowest BCUT2D eigenvalue weighted by molar-refractivity contribution is 0.282. The average Bonchev–Trinajstić information content (AvgIpc) is 2.42. The molecule has 0 rings (SSSR count). The van der Waals surface area contributed by atoms with E-state index in [0.717, 1.165) is 6.42 Å². The van der Waals surface area contributed by atoms with Crippen LogP contribution in [-0.4, -0.2) is 11.7 Å². The largest absolute Gasteiger partial charge is 0.396 e. The van der Waals surface area contributed by atoms with E-state index in [1.807, 2.05) is 0 Å². The first-order valence-corrected chi connectivity index (χ1v) is 9.67. The van der Waals surface area contributed by atoms with Crippen molar-refractivity contribution in [2.75, 3.05) is 6.61 Å². The summed E-state index contributed by atoms with van der Waals surface area (Å²) in [6.45, 7) is 7.41. The Morgan fingerprint density at radius 3 is 1.05 bits per heavy atom. The maximum atomic E-state index is 8.69. The van der Waals surface area contributed by atoms with Gasteiger partial charge in [0.1, 0.15) is 0 Å². The second-order valence-electron chi connectivity index (χ2n) is 7.98. The molecule has 1 heteroatoms. The van der Waals surface area contributed by atoms with Crippen molar-refractivity contribution >= 4 is 0 Å². The zero-order valence-electron chi connectivity index (χ0n) is 15.3. The van der Waals surface area contributed by atoms with Crippen molar-refractivity contribution < 1.29 is 5.11 Å². The van der Waals surface area contributed by atoms with Crippen molar-refractivity contribution in [2.24, 2.45) is 5.41 Å². The van der Waals surface area contributed by atoms with Crippen molar-refractivity contribution in [3.63, 3.8) is 0 Å². The van der Waals surface area contributed by atoms with Crippen LogP contribution < -0.4 is 0 Å². The molecule has 0 aromatic carbocycles. The normalized spacial score (nSPS) is 12.0. The van der Waals surface area contributed by atoms with Gasteiger partial charge >= 0.3 is 0 Å². The summed E-state index contributed by atoms with van der Waals surface area (Å²) in [4.78, 5) is 0. The van der Waals surface area contributed by atoms with Crippen LogP contribution in [0.3, 0.4) is 0 Å². The molecular weight excluding hydrogens is 256 g/mol. The van der Waals surface area contributed by atoms with E-state index >= 15 is 0 Å². The molecule has 0 amide bonds. The summed E-state index contributed by atoms with van der Waals surface area (Å²) in [5.74, 6) is 0. The van der Waals surface area contributed by atoms with Gasteiger partial charge in [-0.1, -0.05) is 104 Å². The molecule has 0 bridgehead atoms. The highest BCUT2D eigenvalue weighted by Gasteiger charge is 2.08. The molecule has 0 saturated carbocycles. The van der Waals surface area contributed by atoms with E-state index in [2.05, 4.69) is 20.8 Å². The SMILES string of the molecule is CC(C)(C)CCCCCCCCCCCCCCCCO. The topological polar surface area (TPSA) is 20.2 Å². The Balaban J connectivity index is 3.00. The quantitative estimate of drug-likeness (QED) is 0.327. The highest BCUT2D eigenvalue weighted by Crippen LogP contribution is 2.22. The van der Waals surface area contributed by atoms with Gasteiger partial charge in [0.2, 0.25) is 0 Å².